The molecule has 5 heteroatoms. The summed E-state index contributed by atoms with van der Waals surface area (Å²) in [5.74, 6) is -1.83. The molecule has 0 aliphatic carbocycles. The van der Waals surface area contributed by atoms with Gasteiger partial charge in [-0.3, -0.25) is 0 Å². The summed E-state index contributed by atoms with van der Waals surface area (Å²) < 4.78 is 0. The molecule has 0 saturated heterocycles. The van der Waals surface area contributed by atoms with Crippen molar-refractivity contribution in [3.05, 3.63) is 24.3 Å². The Bertz CT molecular complexity index is 524. The van der Waals surface area contributed by atoms with Crippen LogP contribution in [0.2, 0.25) is 0 Å². The molecule has 0 N–H and O–H groups in total. The second-order valence-corrected chi connectivity index (χ2v) is 11.4. The first-order valence-corrected chi connectivity index (χ1v) is 17.2. The van der Waals surface area contributed by atoms with Crippen LogP contribution in [0.15, 0.2) is 24.3 Å². The molecule has 0 bridgehead atoms. The van der Waals surface area contributed by atoms with Crippen LogP contribution in [0.25, 0.3) is 0 Å². The van der Waals surface area contributed by atoms with Crippen molar-refractivity contribution in [2.45, 2.75) is 194 Å². The summed E-state index contributed by atoms with van der Waals surface area (Å²) in [5, 5.41) is 20.4. The number of carbonyl (C=O) groups excluding carboxylic acids is 2. The van der Waals surface area contributed by atoms with Crippen LogP contribution in [-0.2, 0) is 26.4 Å². The van der Waals surface area contributed by atoms with E-state index in [4.69, 9.17) is 0 Å². The number of unbranched alkanes of at least 4 members (excludes halogenated alkanes) is 22. The van der Waals surface area contributed by atoms with Gasteiger partial charge in [-0.25, -0.2) is 0 Å². The molecule has 0 aromatic heterocycles. The van der Waals surface area contributed by atoms with Gasteiger partial charge in [-0.1, -0.05) is 141 Å². The number of carboxylic acids is 2. The SMILES string of the molecule is CCCCCCCCC=CCCCCCCCC(=O)[O-].CCCCCCCCC=CCCCCCCCC(=O)[O-].[Co+2]. The van der Waals surface area contributed by atoms with Crippen LogP contribution < -0.4 is 10.2 Å². The molecule has 243 valence electrons. The summed E-state index contributed by atoms with van der Waals surface area (Å²) in [7, 11) is 0. The van der Waals surface area contributed by atoms with Crippen molar-refractivity contribution in [2.75, 3.05) is 0 Å². The maximum atomic E-state index is 10.2. The fraction of sp³-hybridized carbons (Fsp3) is 0.833. The molecule has 4 nitrogen and oxygen atoms in total. The van der Waals surface area contributed by atoms with Crippen molar-refractivity contribution >= 4 is 11.9 Å². The molecular formula is C36H66CoO4. The molecule has 0 fully saturated rings. The van der Waals surface area contributed by atoms with E-state index in [-0.39, 0.29) is 29.6 Å². The van der Waals surface area contributed by atoms with Crippen molar-refractivity contribution in [3.63, 3.8) is 0 Å². The Labute approximate surface area is 265 Å². The third-order valence-corrected chi connectivity index (χ3v) is 7.29. The van der Waals surface area contributed by atoms with Crippen LogP contribution in [0.1, 0.15) is 194 Å². The molecule has 0 rings (SSSR count). The molecule has 0 aromatic rings. The Morgan fingerprint density at radius 3 is 0.854 bits per heavy atom. The molecule has 41 heavy (non-hydrogen) atoms. The van der Waals surface area contributed by atoms with Gasteiger partial charge in [0.25, 0.3) is 0 Å². The second-order valence-electron chi connectivity index (χ2n) is 11.4. The number of carboxylic acid groups (broad SMARTS) is 2. The summed E-state index contributed by atoms with van der Waals surface area (Å²) >= 11 is 0. The molecular weight excluding hydrogens is 555 g/mol. The summed E-state index contributed by atoms with van der Waals surface area (Å²) in [6.07, 6.45) is 41.8. The Hall–Kier alpha value is -1.07. The van der Waals surface area contributed by atoms with Crippen molar-refractivity contribution in [1.82, 2.24) is 0 Å². The first-order chi connectivity index (χ1) is 19.5. The van der Waals surface area contributed by atoms with Gasteiger partial charge >= 0.3 is 16.8 Å². The number of aliphatic carboxylic acids is 2. The maximum Gasteiger partial charge on any atom is 2.00 e. The van der Waals surface area contributed by atoms with Crippen molar-refractivity contribution in [3.8, 4) is 0 Å². The predicted octanol–water partition coefficient (Wildman–Crippen LogP) is 9.55. The third kappa shape index (κ3) is 49.0. The normalized spacial score (nSPS) is 11.0. The minimum atomic E-state index is -0.914. The fourth-order valence-corrected chi connectivity index (χ4v) is 4.68. The topological polar surface area (TPSA) is 80.3 Å². The summed E-state index contributed by atoms with van der Waals surface area (Å²) in [4.78, 5) is 20.4. The van der Waals surface area contributed by atoms with Gasteiger partial charge in [-0.15, -0.1) is 0 Å². The van der Waals surface area contributed by atoms with Gasteiger partial charge in [-0.2, -0.15) is 0 Å². The maximum absolute atomic E-state index is 10.2. The number of allylic oxidation sites excluding steroid dienone is 4. The minimum absolute atomic E-state index is 0. The average Bonchev–Trinajstić information content (AvgIpc) is 2.93. The van der Waals surface area contributed by atoms with Crippen molar-refractivity contribution < 1.29 is 36.6 Å². The smallest absolute Gasteiger partial charge is 0.550 e. The van der Waals surface area contributed by atoms with Gasteiger partial charge < -0.3 is 19.8 Å². The van der Waals surface area contributed by atoms with Gasteiger partial charge in [0.1, 0.15) is 0 Å². The van der Waals surface area contributed by atoms with Crippen LogP contribution in [0, 0.1) is 0 Å². The second kappa shape index (κ2) is 41.1. The van der Waals surface area contributed by atoms with E-state index in [1.54, 1.807) is 0 Å². The van der Waals surface area contributed by atoms with Gasteiger partial charge in [-0.05, 0) is 77.0 Å². The molecule has 0 saturated carbocycles. The molecule has 0 atom stereocenters. The first-order valence-electron chi connectivity index (χ1n) is 17.2. The van der Waals surface area contributed by atoms with Crippen molar-refractivity contribution in [1.29, 1.82) is 0 Å². The van der Waals surface area contributed by atoms with Crippen molar-refractivity contribution in [2.24, 2.45) is 0 Å². The largest absolute Gasteiger partial charge is 2.00 e. The van der Waals surface area contributed by atoms with Gasteiger partial charge in [0.2, 0.25) is 0 Å². The minimum Gasteiger partial charge on any atom is -0.550 e. The van der Waals surface area contributed by atoms with E-state index in [0.717, 1.165) is 38.5 Å². The zero-order valence-corrected chi connectivity index (χ0v) is 28.1. The van der Waals surface area contributed by atoms with Crippen LogP contribution >= 0.6 is 0 Å². The van der Waals surface area contributed by atoms with Crippen LogP contribution in [0.3, 0.4) is 0 Å². The Kier molecular flexibility index (Phi) is 44.4. The van der Waals surface area contributed by atoms with Crippen LogP contribution in [0.4, 0.5) is 0 Å². The summed E-state index contributed by atoms with van der Waals surface area (Å²) in [5.41, 5.74) is 0. The van der Waals surface area contributed by atoms with Gasteiger partial charge in [0, 0.05) is 11.9 Å². The third-order valence-electron chi connectivity index (χ3n) is 7.29. The van der Waals surface area contributed by atoms with Crippen LogP contribution in [-0.4, -0.2) is 11.9 Å². The van der Waals surface area contributed by atoms with Gasteiger partial charge in [0.05, 0.1) is 0 Å². The zero-order valence-electron chi connectivity index (χ0n) is 27.1. The zero-order chi connectivity index (χ0) is 29.8. The van der Waals surface area contributed by atoms with Gasteiger partial charge in [0.15, 0.2) is 0 Å². The number of rotatable bonds is 30. The predicted molar refractivity (Wildman–Crippen MR) is 169 cm³/mol. The molecule has 0 amide bonds. The van der Waals surface area contributed by atoms with E-state index in [9.17, 15) is 19.8 Å². The number of carbonyl (C=O) groups is 2. The summed E-state index contributed by atoms with van der Waals surface area (Å²) in [6.45, 7) is 4.51. The van der Waals surface area contributed by atoms with Crippen LogP contribution in [0.5, 0.6) is 0 Å². The van der Waals surface area contributed by atoms with E-state index in [0.29, 0.717) is 0 Å². The van der Waals surface area contributed by atoms with E-state index >= 15 is 0 Å². The molecule has 0 aliphatic heterocycles. The quantitative estimate of drug-likeness (QED) is 0.0591. The van der Waals surface area contributed by atoms with E-state index in [1.165, 1.54) is 128 Å². The number of hydrogen-bond donors (Lipinski definition) is 0. The fourth-order valence-electron chi connectivity index (χ4n) is 4.68. The van der Waals surface area contributed by atoms with E-state index < -0.39 is 11.9 Å². The Balaban J connectivity index is -0.000000688. The molecule has 0 unspecified atom stereocenters. The molecule has 0 aliphatic rings. The Morgan fingerprint density at radius 2 is 0.610 bits per heavy atom. The summed E-state index contributed by atoms with van der Waals surface area (Å²) in [6, 6.07) is 0. The molecule has 0 aromatic carbocycles. The molecule has 0 spiro atoms. The first kappa shape index (κ1) is 44.4. The monoisotopic (exact) mass is 621 g/mol. The molecule has 1 radical (unpaired) electrons. The standard InChI is InChI=1S/2C18H34O2.Co/c2*1-2-3-4-5-6-7-8-9-10-11-12-13-14-15-16-17-18(19)20;/h2*9-10H,2-8,11-17H2,1H3,(H,19,20);/q;;+2/p-2. The average molecular weight is 622 g/mol. The number of hydrogen-bond acceptors (Lipinski definition) is 4. The van der Waals surface area contributed by atoms with E-state index in [1.807, 2.05) is 0 Å². The van der Waals surface area contributed by atoms with E-state index in [2.05, 4.69) is 38.2 Å². The molecule has 0 heterocycles. The Morgan fingerprint density at radius 1 is 0.390 bits per heavy atom.